The van der Waals surface area contributed by atoms with Gasteiger partial charge in [-0.25, -0.2) is 4.79 Å². The van der Waals surface area contributed by atoms with Crippen LogP contribution in [0.5, 0.6) is 0 Å². The molecule has 1 spiro atoms. The van der Waals surface area contributed by atoms with Crippen LogP contribution in [0.25, 0.3) is 0 Å². The molecule has 0 aliphatic heterocycles. The molecule has 2 N–H and O–H groups in total. The lowest BCUT2D eigenvalue weighted by molar-refractivity contribution is -0.150. The predicted octanol–water partition coefficient (Wildman–Crippen LogP) is 4.51. The van der Waals surface area contributed by atoms with Crippen molar-refractivity contribution in [1.82, 2.24) is 5.32 Å². The normalized spacial score (nSPS) is 27.2. The fourth-order valence-electron chi connectivity index (χ4n) is 5.02. The van der Waals surface area contributed by atoms with Crippen molar-refractivity contribution < 1.29 is 19.4 Å². The minimum atomic E-state index is -0.886. The van der Waals surface area contributed by atoms with Crippen LogP contribution in [0.3, 0.4) is 0 Å². The van der Waals surface area contributed by atoms with Gasteiger partial charge in [0.15, 0.2) is 0 Å². The molecule has 3 rings (SSSR count). The lowest BCUT2D eigenvalue weighted by Gasteiger charge is -2.34. The van der Waals surface area contributed by atoms with Gasteiger partial charge in [0.2, 0.25) is 0 Å². The summed E-state index contributed by atoms with van der Waals surface area (Å²) in [5.41, 5.74) is 0.0884. The Bertz CT molecular complexity index is 639. The van der Waals surface area contributed by atoms with Crippen molar-refractivity contribution in [2.45, 2.75) is 70.9 Å². The van der Waals surface area contributed by atoms with Crippen molar-refractivity contribution in [1.29, 1.82) is 0 Å². The monoisotopic (exact) mass is 359 g/mol. The van der Waals surface area contributed by atoms with Gasteiger partial charge in [-0.2, -0.15) is 0 Å². The van der Waals surface area contributed by atoms with Gasteiger partial charge >= 0.3 is 12.1 Å². The maximum atomic E-state index is 12.3. The summed E-state index contributed by atoms with van der Waals surface area (Å²) in [5, 5.41) is 12.9. The van der Waals surface area contributed by atoms with Crippen LogP contribution in [0.1, 0.15) is 63.9 Å². The molecule has 26 heavy (non-hydrogen) atoms. The van der Waals surface area contributed by atoms with Gasteiger partial charge in [0.05, 0.1) is 5.41 Å². The molecule has 2 unspecified atom stereocenters. The molecule has 1 aromatic rings. The molecule has 2 atom stereocenters. The Morgan fingerprint density at radius 2 is 1.88 bits per heavy atom. The summed E-state index contributed by atoms with van der Waals surface area (Å²) in [6.45, 7) is 2.11. The largest absolute Gasteiger partial charge is 0.481 e. The highest BCUT2D eigenvalue weighted by Gasteiger charge is 2.58. The first-order valence-electron chi connectivity index (χ1n) is 9.70. The zero-order valence-corrected chi connectivity index (χ0v) is 15.5. The van der Waals surface area contributed by atoms with E-state index in [1.807, 2.05) is 37.3 Å². The third-order valence-electron chi connectivity index (χ3n) is 6.47. The first-order chi connectivity index (χ1) is 12.5. The first-order valence-corrected chi connectivity index (χ1v) is 9.70. The second-order valence-corrected chi connectivity index (χ2v) is 8.02. The number of hydrogen-bond donors (Lipinski definition) is 2. The molecule has 2 saturated carbocycles. The van der Waals surface area contributed by atoms with Crippen LogP contribution >= 0.6 is 0 Å². The molecule has 1 aromatic carbocycles. The van der Waals surface area contributed by atoms with E-state index in [2.05, 4.69) is 5.32 Å². The van der Waals surface area contributed by atoms with Gasteiger partial charge in [0.1, 0.15) is 6.61 Å². The number of ether oxygens (including phenoxy) is 1. The summed E-state index contributed by atoms with van der Waals surface area (Å²) < 4.78 is 5.34. The molecule has 2 aliphatic carbocycles. The first kappa shape index (κ1) is 18.7. The van der Waals surface area contributed by atoms with Crippen molar-refractivity contribution in [2.24, 2.45) is 10.8 Å². The quantitative estimate of drug-likeness (QED) is 0.811. The number of carboxylic acids is 1. The zero-order valence-electron chi connectivity index (χ0n) is 15.5. The van der Waals surface area contributed by atoms with E-state index in [0.717, 1.165) is 37.7 Å². The Kier molecular flexibility index (Phi) is 5.54. The van der Waals surface area contributed by atoms with E-state index in [9.17, 15) is 14.7 Å². The molecule has 0 heterocycles. The average Bonchev–Trinajstić information content (AvgIpc) is 2.95. The lowest BCUT2D eigenvalue weighted by atomic mass is 9.70. The van der Waals surface area contributed by atoms with E-state index in [0.29, 0.717) is 12.8 Å². The minimum Gasteiger partial charge on any atom is -0.481 e. The Morgan fingerprint density at radius 3 is 2.50 bits per heavy atom. The number of carboxylic acid groups (broad SMARTS) is 1. The number of hydrogen-bond acceptors (Lipinski definition) is 3. The smallest absolute Gasteiger partial charge is 0.407 e. The van der Waals surface area contributed by atoms with E-state index >= 15 is 0 Å². The van der Waals surface area contributed by atoms with E-state index < -0.39 is 17.5 Å². The molecule has 1 amide bonds. The topological polar surface area (TPSA) is 75.6 Å². The second kappa shape index (κ2) is 7.68. The van der Waals surface area contributed by atoms with Crippen LogP contribution in [0, 0.1) is 10.8 Å². The number of carbonyl (C=O) groups is 2. The van der Waals surface area contributed by atoms with Gasteiger partial charge in [0.25, 0.3) is 0 Å². The number of rotatable bonds is 5. The molecular weight excluding hydrogens is 330 g/mol. The number of aliphatic carboxylic acids is 1. The average molecular weight is 359 g/mol. The predicted molar refractivity (Wildman–Crippen MR) is 98.7 cm³/mol. The van der Waals surface area contributed by atoms with Crippen molar-refractivity contribution in [3.8, 4) is 0 Å². The highest BCUT2D eigenvalue weighted by Crippen LogP contribution is 2.57. The zero-order chi connectivity index (χ0) is 18.6. The maximum absolute atomic E-state index is 12.3. The number of alkyl carbamates (subject to hydrolysis) is 1. The van der Waals surface area contributed by atoms with Gasteiger partial charge in [-0.05, 0) is 43.1 Å². The highest BCUT2D eigenvalue weighted by molar-refractivity contribution is 5.78. The van der Waals surface area contributed by atoms with E-state index in [1.165, 1.54) is 6.42 Å². The number of amides is 1. The fourth-order valence-corrected chi connectivity index (χ4v) is 5.02. The van der Waals surface area contributed by atoms with Crippen LogP contribution in [0.4, 0.5) is 4.79 Å². The molecule has 0 bridgehead atoms. The molecule has 0 aromatic heterocycles. The highest BCUT2D eigenvalue weighted by atomic mass is 16.5. The van der Waals surface area contributed by atoms with E-state index in [4.69, 9.17) is 4.74 Å². The molecule has 142 valence electrons. The molecule has 0 radical (unpaired) electrons. The van der Waals surface area contributed by atoms with Crippen molar-refractivity contribution in [3.05, 3.63) is 35.9 Å². The Balaban J connectivity index is 1.69. The van der Waals surface area contributed by atoms with E-state index in [1.54, 1.807) is 0 Å². The Morgan fingerprint density at radius 1 is 1.19 bits per heavy atom. The van der Waals surface area contributed by atoms with Crippen molar-refractivity contribution in [2.75, 3.05) is 0 Å². The number of nitrogens with one attached hydrogen (secondary N) is 1. The van der Waals surface area contributed by atoms with Crippen LogP contribution in [0.15, 0.2) is 30.3 Å². The van der Waals surface area contributed by atoms with Crippen LogP contribution in [0.2, 0.25) is 0 Å². The van der Waals surface area contributed by atoms with Crippen LogP contribution < -0.4 is 5.32 Å². The third-order valence-corrected chi connectivity index (χ3v) is 6.47. The van der Waals surface area contributed by atoms with E-state index in [-0.39, 0.29) is 18.1 Å². The summed E-state index contributed by atoms with van der Waals surface area (Å²) in [7, 11) is 0. The van der Waals surface area contributed by atoms with Crippen molar-refractivity contribution >= 4 is 12.1 Å². The third kappa shape index (κ3) is 3.71. The minimum absolute atomic E-state index is 0.0596. The fraction of sp³-hybridized carbons (Fsp3) is 0.619. The van der Waals surface area contributed by atoms with Gasteiger partial charge in [-0.1, -0.05) is 56.5 Å². The lowest BCUT2D eigenvalue weighted by Crippen LogP contribution is -2.48. The Hall–Kier alpha value is -2.04. The standard InChI is InChI=1S/C21H29NO4/c1-2-21(18(23)24)15-20(11-7-4-8-12-20)13-17(21)22-19(25)26-14-16-9-5-3-6-10-16/h3,5-6,9-10,17H,2,4,7-8,11-15H2,1H3,(H,22,25)(H,23,24). The Labute approximate surface area is 155 Å². The number of benzene rings is 1. The maximum Gasteiger partial charge on any atom is 0.407 e. The van der Waals surface area contributed by atoms with Crippen LogP contribution in [-0.4, -0.2) is 23.2 Å². The molecule has 5 heteroatoms. The molecular formula is C21H29NO4. The van der Waals surface area contributed by atoms with Gasteiger partial charge < -0.3 is 15.2 Å². The van der Waals surface area contributed by atoms with Gasteiger partial charge in [0, 0.05) is 6.04 Å². The molecule has 2 fully saturated rings. The summed E-state index contributed by atoms with van der Waals surface area (Å²) >= 11 is 0. The van der Waals surface area contributed by atoms with Gasteiger partial charge in [-0.15, -0.1) is 0 Å². The van der Waals surface area contributed by atoms with Crippen molar-refractivity contribution in [3.63, 3.8) is 0 Å². The summed E-state index contributed by atoms with van der Waals surface area (Å²) in [4.78, 5) is 24.5. The van der Waals surface area contributed by atoms with Gasteiger partial charge in [-0.3, -0.25) is 4.79 Å². The molecule has 0 saturated heterocycles. The summed E-state index contributed by atoms with van der Waals surface area (Å²) in [6.07, 6.45) is 7.08. The molecule has 2 aliphatic rings. The van der Waals surface area contributed by atoms with Crippen LogP contribution in [-0.2, 0) is 16.1 Å². The number of carbonyl (C=O) groups excluding carboxylic acids is 1. The SMILES string of the molecule is CCC1(C(=O)O)CC2(CCCCC2)CC1NC(=O)OCc1ccccc1. The molecule has 5 nitrogen and oxygen atoms in total. The summed E-state index contributed by atoms with van der Waals surface area (Å²) in [6, 6.07) is 9.13. The summed E-state index contributed by atoms with van der Waals surface area (Å²) in [5.74, 6) is -0.796. The second-order valence-electron chi connectivity index (χ2n) is 8.02.